The van der Waals surface area contributed by atoms with Gasteiger partial charge in [-0.2, -0.15) is 0 Å². The normalized spacial score (nSPS) is 13.7. The van der Waals surface area contributed by atoms with E-state index in [1.807, 2.05) is 0 Å². The molecule has 4 heteroatoms. The molecule has 0 radical (unpaired) electrons. The Hall–Kier alpha value is -0.870. The average molecular weight is 173 g/mol. The van der Waals surface area contributed by atoms with E-state index < -0.39 is 17.6 Å². The number of carbonyl (C=O) groups excluding carboxylic acids is 1. The van der Waals surface area contributed by atoms with E-state index in [0.29, 0.717) is 0 Å². The van der Waals surface area contributed by atoms with Crippen LogP contribution in [-0.2, 0) is 9.53 Å². The highest BCUT2D eigenvalue weighted by Crippen LogP contribution is 2.07. The van der Waals surface area contributed by atoms with Crippen LogP contribution in [0.15, 0.2) is 12.7 Å². The molecule has 0 amide bonds. The molecular formula is C8H15NO3. The molecule has 12 heavy (non-hydrogen) atoms. The summed E-state index contributed by atoms with van der Waals surface area (Å²) >= 11 is 0. The molecule has 0 aromatic rings. The largest absolute Gasteiger partial charge is 0.460 e. The summed E-state index contributed by atoms with van der Waals surface area (Å²) in [6, 6.07) is -1.02. The van der Waals surface area contributed by atoms with Gasteiger partial charge in [-0.15, -0.1) is 0 Å². The summed E-state index contributed by atoms with van der Waals surface area (Å²) in [5.74, 6) is -0.623. The first-order chi connectivity index (χ1) is 5.39. The first-order valence-electron chi connectivity index (χ1n) is 3.65. The molecule has 0 aliphatic rings. The minimum absolute atomic E-state index is 0.114. The standard InChI is InChI=1S/C8H15NO3/c1-4-5-12-7(10)6(9)8(2,3)11/h4,6,11H,1,5,9H2,2-3H3/t6-/m1/s1. The van der Waals surface area contributed by atoms with Crippen molar-refractivity contribution in [3.05, 3.63) is 12.7 Å². The van der Waals surface area contributed by atoms with Gasteiger partial charge in [0.2, 0.25) is 0 Å². The van der Waals surface area contributed by atoms with Crippen LogP contribution in [0.2, 0.25) is 0 Å². The summed E-state index contributed by atoms with van der Waals surface area (Å²) in [5.41, 5.74) is 4.12. The number of rotatable bonds is 4. The quantitative estimate of drug-likeness (QED) is 0.456. The Morgan fingerprint density at radius 1 is 1.83 bits per heavy atom. The molecule has 3 N–H and O–H groups in total. The first kappa shape index (κ1) is 11.1. The zero-order valence-corrected chi connectivity index (χ0v) is 7.41. The van der Waals surface area contributed by atoms with Crippen LogP contribution in [0.25, 0.3) is 0 Å². The Bertz CT molecular complexity index is 172. The summed E-state index contributed by atoms with van der Waals surface area (Å²) in [4.78, 5) is 11.0. The van der Waals surface area contributed by atoms with E-state index in [1.54, 1.807) is 0 Å². The maximum Gasteiger partial charge on any atom is 0.326 e. The highest BCUT2D eigenvalue weighted by molar-refractivity contribution is 5.77. The van der Waals surface area contributed by atoms with Crippen LogP contribution in [0, 0.1) is 0 Å². The van der Waals surface area contributed by atoms with Gasteiger partial charge in [-0.1, -0.05) is 12.7 Å². The van der Waals surface area contributed by atoms with Crippen LogP contribution in [-0.4, -0.2) is 29.3 Å². The molecule has 0 unspecified atom stereocenters. The van der Waals surface area contributed by atoms with Crippen LogP contribution in [0.1, 0.15) is 13.8 Å². The van der Waals surface area contributed by atoms with Gasteiger partial charge in [0.05, 0.1) is 5.60 Å². The second-order valence-electron chi connectivity index (χ2n) is 3.05. The van der Waals surface area contributed by atoms with Gasteiger partial charge in [-0.3, -0.25) is 4.79 Å². The zero-order valence-electron chi connectivity index (χ0n) is 7.41. The second-order valence-corrected chi connectivity index (χ2v) is 3.05. The molecule has 0 bridgehead atoms. The van der Waals surface area contributed by atoms with E-state index in [-0.39, 0.29) is 6.61 Å². The monoisotopic (exact) mass is 173 g/mol. The van der Waals surface area contributed by atoms with Crippen molar-refractivity contribution in [3.8, 4) is 0 Å². The third kappa shape index (κ3) is 3.50. The summed E-state index contributed by atoms with van der Waals surface area (Å²) in [7, 11) is 0. The number of esters is 1. The predicted molar refractivity (Wildman–Crippen MR) is 45.4 cm³/mol. The Labute approximate surface area is 72.0 Å². The molecule has 0 spiro atoms. The molecule has 0 fully saturated rings. The predicted octanol–water partition coefficient (Wildman–Crippen LogP) is -0.186. The fourth-order valence-corrected chi connectivity index (χ4v) is 0.519. The molecule has 0 saturated carbocycles. The fourth-order valence-electron chi connectivity index (χ4n) is 0.519. The lowest BCUT2D eigenvalue weighted by atomic mass is 10.0. The van der Waals surface area contributed by atoms with Crippen LogP contribution >= 0.6 is 0 Å². The molecule has 1 atom stereocenters. The Morgan fingerprint density at radius 3 is 2.67 bits per heavy atom. The Kier molecular flexibility index (Phi) is 3.92. The van der Waals surface area contributed by atoms with Gasteiger partial charge in [0, 0.05) is 0 Å². The molecular weight excluding hydrogens is 158 g/mol. The third-order valence-corrected chi connectivity index (χ3v) is 1.36. The maximum absolute atomic E-state index is 11.0. The number of carbonyl (C=O) groups is 1. The van der Waals surface area contributed by atoms with E-state index in [4.69, 9.17) is 5.73 Å². The zero-order chi connectivity index (χ0) is 9.78. The Balaban J connectivity index is 4.02. The fraction of sp³-hybridized carbons (Fsp3) is 0.625. The van der Waals surface area contributed by atoms with Gasteiger partial charge >= 0.3 is 5.97 Å². The van der Waals surface area contributed by atoms with Crippen molar-refractivity contribution in [3.63, 3.8) is 0 Å². The van der Waals surface area contributed by atoms with Crippen LogP contribution < -0.4 is 5.73 Å². The van der Waals surface area contributed by atoms with Gasteiger partial charge in [-0.25, -0.2) is 0 Å². The molecule has 0 rings (SSSR count). The maximum atomic E-state index is 11.0. The summed E-state index contributed by atoms with van der Waals surface area (Å²) in [6.45, 7) is 6.39. The molecule has 0 heterocycles. The number of nitrogens with two attached hydrogens (primary N) is 1. The molecule has 0 aliphatic carbocycles. The number of hydrogen-bond acceptors (Lipinski definition) is 4. The third-order valence-electron chi connectivity index (χ3n) is 1.36. The van der Waals surface area contributed by atoms with Gasteiger partial charge in [-0.05, 0) is 13.8 Å². The molecule has 0 aliphatic heterocycles. The lowest BCUT2D eigenvalue weighted by molar-refractivity contribution is -0.149. The van der Waals surface area contributed by atoms with Crippen molar-refractivity contribution in [2.45, 2.75) is 25.5 Å². The van der Waals surface area contributed by atoms with Gasteiger partial charge in [0.15, 0.2) is 0 Å². The lowest BCUT2D eigenvalue weighted by Crippen LogP contribution is -2.49. The summed E-state index contributed by atoms with van der Waals surface area (Å²) in [5, 5.41) is 9.30. The molecule has 0 aromatic heterocycles. The van der Waals surface area contributed by atoms with Gasteiger partial charge in [0.25, 0.3) is 0 Å². The SMILES string of the molecule is C=CCOC(=O)[C@@H](N)C(C)(C)O. The van der Waals surface area contributed by atoms with Crippen molar-refractivity contribution >= 4 is 5.97 Å². The smallest absolute Gasteiger partial charge is 0.326 e. The number of hydrogen-bond donors (Lipinski definition) is 2. The van der Waals surface area contributed by atoms with Crippen molar-refractivity contribution in [2.24, 2.45) is 5.73 Å². The minimum Gasteiger partial charge on any atom is -0.460 e. The van der Waals surface area contributed by atoms with Crippen molar-refractivity contribution in [2.75, 3.05) is 6.61 Å². The van der Waals surface area contributed by atoms with E-state index >= 15 is 0 Å². The first-order valence-corrected chi connectivity index (χ1v) is 3.65. The highest BCUT2D eigenvalue weighted by Gasteiger charge is 2.30. The van der Waals surface area contributed by atoms with Crippen molar-refractivity contribution in [1.29, 1.82) is 0 Å². The van der Waals surface area contributed by atoms with Crippen molar-refractivity contribution in [1.82, 2.24) is 0 Å². The second kappa shape index (κ2) is 4.23. The molecule has 4 nitrogen and oxygen atoms in total. The van der Waals surface area contributed by atoms with Crippen molar-refractivity contribution < 1.29 is 14.6 Å². The van der Waals surface area contributed by atoms with Crippen LogP contribution in [0.3, 0.4) is 0 Å². The van der Waals surface area contributed by atoms with E-state index in [0.717, 1.165) is 0 Å². The Morgan fingerprint density at radius 2 is 2.33 bits per heavy atom. The van der Waals surface area contributed by atoms with Gasteiger partial charge in [0.1, 0.15) is 12.6 Å². The van der Waals surface area contributed by atoms with Crippen LogP contribution in [0.5, 0.6) is 0 Å². The number of aliphatic hydroxyl groups is 1. The molecule has 70 valence electrons. The van der Waals surface area contributed by atoms with E-state index in [1.165, 1.54) is 19.9 Å². The van der Waals surface area contributed by atoms with Gasteiger partial charge < -0.3 is 15.6 Å². The summed E-state index contributed by atoms with van der Waals surface area (Å²) in [6.07, 6.45) is 1.44. The number of ether oxygens (including phenoxy) is 1. The summed E-state index contributed by atoms with van der Waals surface area (Å²) < 4.78 is 4.64. The topological polar surface area (TPSA) is 72.5 Å². The van der Waals surface area contributed by atoms with E-state index in [2.05, 4.69) is 11.3 Å². The molecule has 0 aromatic carbocycles. The minimum atomic E-state index is -1.25. The lowest BCUT2D eigenvalue weighted by Gasteiger charge is -2.23. The van der Waals surface area contributed by atoms with Crippen LogP contribution in [0.4, 0.5) is 0 Å². The highest BCUT2D eigenvalue weighted by atomic mass is 16.5. The average Bonchev–Trinajstić information content (AvgIpc) is 1.97. The molecule has 0 saturated heterocycles. The van der Waals surface area contributed by atoms with E-state index in [9.17, 15) is 9.90 Å².